The van der Waals surface area contributed by atoms with Gasteiger partial charge in [0.2, 0.25) is 0 Å². The molecule has 2 aromatic carbocycles. The van der Waals surface area contributed by atoms with E-state index in [1.54, 1.807) is 30.4 Å². The molecule has 0 fully saturated rings. The maximum absolute atomic E-state index is 13.6. The van der Waals surface area contributed by atoms with E-state index in [0.29, 0.717) is 5.56 Å². The van der Waals surface area contributed by atoms with Crippen LogP contribution in [-0.4, -0.2) is 4.98 Å². The zero-order valence-corrected chi connectivity index (χ0v) is 14.1. The first-order valence-corrected chi connectivity index (χ1v) is 8.22. The first-order valence-electron chi connectivity index (χ1n) is 6.61. The van der Waals surface area contributed by atoms with E-state index in [9.17, 15) is 4.39 Å². The van der Waals surface area contributed by atoms with Crippen molar-refractivity contribution in [3.63, 3.8) is 0 Å². The average Bonchev–Trinajstić information content (AvgIpc) is 2.83. The van der Waals surface area contributed by atoms with Crippen LogP contribution in [0.3, 0.4) is 0 Å². The smallest absolute Gasteiger partial charge is 0.184 e. The molecular formula is C16H14BrFN2S. The van der Waals surface area contributed by atoms with Gasteiger partial charge in [0.05, 0.1) is 16.3 Å². The number of aromatic nitrogens is 1. The molecule has 5 heteroatoms. The molecule has 1 unspecified atom stereocenters. The minimum atomic E-state index is -0.172. The molecule has 108 valence electrons. The van der Waals surface area contributed by atoms with Gasteiger partial charge in [-0.3, -0.25) is 0 Å². The Kier molecular flexibility index (Phi) is 3.95. The van der Waals surface area contributed by atoms with Crippen molar-refractivity contribution in [2.75, 3.05) is 5.32 Å². The molecule has 2 nitrogen and oxygen atoms in total. The number of rotatable bonds is 3. The summed E-state index contributed by atoms with van der Waals surface area (Å²) in [6.45, 7) is 3.77. The summed E-state index contributed by atoms with van der Waals surface area (Å²) in [5.74, 6) is -0.172. The number of nitrogens with one attached hydrogen (secondary N) is 1. The van der Waals surface area contributed by atoms with Gasteiger partial charge < -0.3 is 5.32 Å². The van der Waals surface area contributed by atoms with E-state index >= 15 is 0 Å². The van der Waals surface area contributed by atoms with Gasteiger partial charge >= 0.3 is 0 Å². The van der Waals surface area contributed by atoms with Crippen LogP contribution in [0.15, 0.2) is 40.9 Å². The third kappa shape index (κ3) is 3.09. The van der Waals surface area contributed by atoms with Crippen LogP contribution in [0.2, 0.25) is 0 Å². The topological polar surface area (TPSA) is 24.9 Å². The Hall–Kier alpha value is -1.46. The second-order valence-electron chi connectivity index (χ2n) is 5.01. The maximum Gasteiger partial charge on any atom is 0.184 e. The fourth-order valence-corrected chi connectivity index (χ4v) is 3.39. The molecular weight excluding hydrogens is 351 g/mol. The van der Waals surface area contributed by atoms with Crippen molar-refractivity contribution in [1.82, 2.24) is 4.98 Å². The molecule has 1 heterocycles. The van der Waals surface area contributed by atoms with E-state index in [2.05, 4.69) is 26.2 Å². The summed E-state index contributed by atoms with van der Waals surface area (Å²) in [6.07, 6.45) is 0. The van der Waals surface area contributed by atoms with Gasteiger partial charge in [-0.05, 0) is 49.2 Å². The Morgan fingerprint density at radius 2 is 2.05 bits per heavy atom. The Morgan fingerprint density at radius 1 is 1.24 bits per heavy atom. The summed E-state index contributed by atoms with van der Waals surface area (Å²) in [6, 6.07) is 11.4. The van der Waals surface area contributed by atoms with E-state index < -0.39 is 0 Å². The number of fused-ring (bicyclic) bond motifs is 1. The number of halogens is 2. The third-order valence-electron chi connectivity index (χ3n) is 3.39. The highest BCUT2D eigenvalue weighted by molar-refractivity contribution is 9.10. The molecule has 3 rings (SSSR count). The van der Waals surface area contributed by atoms with Gasteiger partial charge in [0, 0.05) is 4.47 Å². The van der Waals surface area contributed by atoms with Gasteiger partial charge in [0.1, 0.15) is 5.82 Å². The zero-order valence-electron chi connectivity index (χ0n) is 11.7. The fraction of sp³-hybridized carbons (Fsp3) is 0.188. The molecule has 0 saturated heterocycles. The Morgan fingerprint density at radius 3 is 2.81 bits per heavy atom. The van der Waals surface area contributed by atoms with Crippen molar-refractivity contribution in [2.45, 2.75) is 19.9 Å². The maximum atomic E-state index is 13.6. The van der Waals surface area contributed by atoms with Crippen molar-refractivity contribution < 1.29 is 4.39 Å². The molecule has 3 aromatic rings. The molecule has 0 aliphatic carbocycles. The lowest BCUT2D eigenvalue weighted by molar-refractivity contribution is 0.614. The Labute approximate surface area is 135 Å². The SMILES string of the molecule is Cc1ccc(C(C)Nc2nc3cc(Br)ccc3s2)cc1F. The summed E-state index contributed by atoms with van der Waals surface area (Å²) in [4.78, 5) is 4.56. The highest BCUT2D eigenvalue weighted by Crippen LogP contribution is 2.30. The van der Waals surface area contributed by atoms with Crippen molar-refractivity contribution in [3.8, 4) is 0 Å². The Balaban J connectivity index is 1.85. The van der Waals surface area contributed by atoms with Gasteiger partial charge in [-0.25, -0.2) is 9.37 Å². The monoisotopic (exact) mass is 364 g/mol. The van der Waals surface area contributed by atoms with Crippen LogP contribution in [0.1, 0.15) is 24.1 Å². The summed E-state index contributed by atoms with van der Waals surface area (Å²) in [5, 5.41) is 4.18. The van der Waals surface area contributed by atoms with Gasteiger partial charge in [0.15, 0.2) is 5.13 Å². The molecule has 0 aliphatic rings. The van der Waals surface area contributed by atoms with Gasteiger partial charge in [-0.1, -0.05) is 39.4 Å². The summed E-state index contributed by atoms with van der Waals surface area (Å²) in [7, 11) is 0. The molecule has 0 aliphatic heterocycles. The normalized spacial score (nSPS) is 12.6. The zero-order chi connectivity index (χ0) is 15.0. The highest BCUT2D eigenvalue weighted by atomic mass is 79.9. The lowest BCUT2D eigenvalue weighted by atomic mass is 10.1. The number of benzene rings is 2. The second-order valence-corrected chi connectivity index (χ2v) is 6.95. The minimum absolute atomic E-state index is 0.00380. The minimum Gasteiger partial charge on any atom is -0.355 e. The van der Waals surface area contributed by atoms with Gasteiger partial charge in [-0.15, -0.1) is 0 Å². The number of aryl methyl sites for hydroxylation is 1. The summed E-state index contributed by atoms with van der Waals surface area (Å²) in [5.41, 5.74) is 2.54. The molecule has 0 bridgehead atoms. The van der Waals surface area contributed by atoms with Crippen LogP contribution in [-0.2, 0) is 0 Å². The first kappa shape index (κ1) is 14.5. The lowest BCUT2D eigenvalue weighted by Gasteiger charge is -2.13. The number of anilines is 1. The molecule has 1 aromatic heterocycles. The van der Waals surface area contributed by atoms with Crippen molar-refractivity contribution in [3.05, 3.63) is 57.8 Å². The lowest BCUT2D eigenvalue weighted by Crippen LogP contribution is -2.06. The van der Waals surface area contributed by atoms with E-state index in [4.69, 9.17) is 0 Å². The van der Waals surface area contributed by atoms with E-state index in [1.807, 2.05) is 31.2 Å². The molecule has 0 spiro atoms. The van der Waals surface area contributed by atoms with Crippen molar-refractivity contribution >= 4 is 42.6 Å². The number of nitrogens with zero attached hydrogens (tertiary/aromatic N) is 1. The highest BCUT2D eigenvalue weighted by Gasteiger charge is 2.11. The van der Waals surface area contributed by atoms with Crippen molar-refractivity contribution in [1.29, 1.82) is 0 Å². The van der Waals surface area contributed by atoms with Crippen LogP contribution < -0.4 is 5.32 Å². The van der Waals surface area contributed by atoms with Crippen LogP contribution in [0.5, 0.6) is 0 Å². The number of hydrogen-bond donors (Lipinski definition) is 1. The quantitative estimate of drug-likeness (QED) is 0.646. The fourth-order valence-electron chi connectivity index (χ4n) is 2.11. The van der Waals surface area contributed by atoms with E-state index in [1.165, 1.54) is 0 Å². The predicted molar refractivity (Wildman–Crippen MR) is 90.5 cm³/mol. The van der Waals surface area contributed by atoms with Gasteiger partial charge in [-0.2, -0.15) is 0 Å². The number of thiazole rings is 1. The molecule has 1 atom stereocenters. The van der Waals surface area contributed by atoms with Crippen LogP contribution in [0, 0.1) is 12.7 Å². The molecule has 1 N–H and O–H groups in total. The van der Waals surface area contributed by atoms with Crippen LogP contribution in [0.25, 0.3) is 10.2 Å². The second kappa shape index (κ2) is 5.73. The molecule has 0 amide bonds. The molecule has 21 heavy (non-hydrogen) atoms. The average molecular weight is 365 g/mol. The number of hydrogen-bond acceptors (Lipinski definition) is 3. The Bertz CT molecular complexity index is 800. The predicted octanol–water partition coefficient (Wildman–Crippen LogP) is 5.68. The van der Waals surface area contributed by atoms with Crippen LogP contribution in [0.4, 0.5) is 9.52 Å². The van der Waals surface area contributed by atoms with E-state index in [0.717, 1.165) is 25.4 Å². The molecule has 0 radical (unpaired) electrons. The summed E-state index contributed by atoms with van der Waals surface area (Å²) < 4.78 is 15.8. The first-order chi connectivity index (χ1) is 10.0. The van der Waals surface area contributed by atoms with Crippen LogP contribution >= 0.6 is 27.3 Å². The summed E-state index contributed by atoms with van der Waals surface area (Å²) >= 11 is 5.05. The van der Waals surface area contributed by atoms with E-state index in [-0.39, 0.29) is 11.9 Å². The molecule has 0 saturated carbocycles. The largest absolute Gasteiger partial charge is 0.355 e. The third-order valence-corrected chi connectivity index (χ3v) is 4.85. The standard InChI is InChI=1S/C16H14BrFN2S/c1-9-3-4-11(7-13(9)18)10(2)19-16-20-14-8-12(17)5-6-15(14)21-16/h3-8,10H,1-2H3,(H,19,20). The van der Waals surface area contributed by atoms with Crippen molar-refractivity contribution in [2.24, 2.45) is 0 Å². The van der Waals surface area contributed by atoms with Gasteiger partial charge in [0.25, 0.3) is 0 Å².